The minimum atomic E-state index is -4.47. The van der Waals surface area contributed by atoms with Gasteiger partial charge in [0.05, 0.1) is 72.6 Å². The molecular formula is C103H90F9Ir3N6O4-3. The first kappa shape index (κ1) is 97.7. The van der Waals surface area contributed by atoms with Crippen molar-refractivity contribution in [1.29, 1.82) is 0 Å². The fraction of sp³-hybridized carbons (Fsp3) is 0.223. The Kier molecular flexibility index (Phi) is 30.3. The Morgan fingerprint density at radius 2 is 0.800 bits per heavy atom. The Morgan fingerprint density at radius 3 is 1.26 bits per heavy atom. The molecule has 22 heteroatoms. The number of ketones is 2. The van der Waals surface area contributed by atoms with E-state index in [4.69, 9.17) is 35.0 Å². The molecule has 10 nitrogen and oxygen atoms in total. The number of aryl methyl sites for hydroxylation is 7. The second-order valence-corrected chi connectivity index (χ2v) is 33.4. The second-order valence-electron chi connectivity index (χ2n) is 33.4. The summed E-state index contributed by atoms with van der Waals surface area (Å²) in [5, 5.41) is 22.1. The zero-order valence-electron chi connectivity index (χ0n) is 71.7. The summed E-state index contributed by atoms with van der Waals surface area (Å²) < 4.78 is 122. The molecule has 0 saturated carbocycles. The van der Waals surface area contributed by atoms with Crippen LogP contribution in [-0.4, -0.2) is 51.7 Å². The number of carbonyl (C=O) groups is 2. The van der Waals surface area contributed by atoms with E-state index in [9.17, 15) is 54.2 Å². The largest absolute Gasteiger partial charge is 0.512 e. The molecule has 0 atom stereocenters. The van der Waals surface area contributed by atoms with Gasteiger partial charge in [0, 0.05) is 100 Å². The fourth-order valence-electron chi connectivity index (χ4n) is 14.6. The molecule has 0 spiro atoms. The monoisotopic (exact) mass is 2220 g/mol. The van der Waals surface area contributed by atoms with Crippen molar-refractivity contribution >= 4 is 66.2 Å². The maximum atomic E-state index is 13.6. The van der Waals surface area contributed by atoms with Gasteiger partial charge < -0.3 is 10.2 Å². The predicted octanol–water partition coefficient (Wildman–Crippen LogP) is 28.2. The van der Waals surface area contributed by atoms with Crippen LogP contribution >= 0.6 is 0 Å². The number of allylic oxidation sites excluding steroid dienone is 4. The van der Waals surface area contributed by atoms with Gasteiger partial charge in [0.1, 0.15) is 5.76 Å². The quantitative estimate of drug-likeness (QED) is 0.0651. The Balaban J connectivity index is 0.000000189. The van der Waals surface area contributed by atoms with E-state index in [0.29, 0.717) is 78.5 Å². The van der Waals surface area contributed by atoms with E-state index in [0.717, 1.165) is 119 Å². The summed E-state index contributed by atoms with van der Waals surface area (Å²) in [5.41, 5.74) is 17.0. The molecule has 15 aromatic rings. The third-order valence-corrected chi connectivity index (χ3v) is 20.7. The molecule has 1 aliphatic carbocycles. The molecule has 16 rings (SSSR count). The molecule has 1 aliphatic rings. The molecule has 2 N–H and O–H groups in total. The number of nitrogens with zero attached hydrogens (tertiary/aromatic N) is 6. The van der Waals surface area contributed by atoms with E-state index in [-0.39, 0.29) is 111 Å². The molecule has 125 heavy (non-hydrogen) atoms. The zero-order chi connectivity index (χ0) is 88.6. The number of carbonyl (C=O) groups excluding carboxylic acids is 2. The van der Waals surface area contributed by atoms with Crippen LogP contribution in [0.4, 0.5) is 39.5 Å². The molecule has 0 unspecified atom stereocenters. The number of aliphatic hydroxyl groups is 2. The van der Waals surface area contributed by atoms with E-state index < -0.39 is 40.6 Å². The summed E-state index contributed by atoms with van der Waals surface area (Å²) in [4.78, 5) is 50.3. The van der Waals surface area contributed by atoms with E-state index in [2.05, 4.69) is 50.2 Å². The van der Waals surface area contributed by atoms with E-state index >= 15 is 0 Å². The summed E-state index contributed by atoms with van der Waals surface area (Å²) in [6.07, 6.45) is -10.9. The molecule has 0 bridgehead atoms. The second kappa shape index (κ2) is 38.8. The number of aliphatic hydroxyl groups excluding tert-OH is 2. The summed E-state index contributed by atoms with van der Waals surface area (Å²) >= 11 is 0. The maximum absolute atomic E-state index is 13.6. The summed E-state index contributed by atoms with van der Waals surface area (Å²) in [6, 6.07) is 74.3. The summed E-state index contributed by atoms with van der Waals surface area (Å²) in [7, 11) is 0. The van der Waals surface area contributed by atoms with Gasteiger partial charge in [0.15, 0.2) is 11.6 Å². The van der Waals surface area contributed by atoms with Crippen molar-refractivity contribution < 1.29 is 120 Å². The molecule has 649 valence electrons. The first-order chi connectivity index (χ1) is 57.2. The van der Waals surface area contributed by atoms with Crippen LogP contribution in [0.25, 0.3) is 133 Å². The van der Waals surface area contributed by atoms with Crippen LogP contribution < -0.4 is 0 Å². The third kappa shape index (κ3) is 22.8. The number of rotatable bonds is 8. The van der Waals surface area contributed by atoms with Gasteiger partial charge in [-0.1, -0.05) is 225 Å². The first-order valence-electron chi connectivity index (χ1n) is 39.4. The van der Waals surface area contributed by atoms with Crippen molar-refractivity contribution in [1.82, 2.24) is 29.9 Å². The van der Waals surface area contributed by atoms with Crippen molar-refractivity contribution in [3.63, 3.8) is 0 Å². The van der Waals surface area contributed by atoms with Crippen LogP contribution in [0.1, 0.15) is 136 Å². The number of aromatic nitrogens is 6. The van der Waals surface area contributed by atoms with Crippen molar-refractivity contribution in [3.8, 4) is 78.7 Å². The molecular weight excluding hydrogens is 2130 g/mol. The topological polar surface area (TPSA) is 152 Å². The van der Waals surface area contributed by atoms with Gasteiger partial charge in [-0.15, -0.1) is 93.4 Å². The number of alkyl halides is 9. The Labute approximate surface area is 762 Å². The molecule has 0 saturated heterocycles. The predicted molar refractivity (Wildman–Crippen MR) is 470 cm³/mol. The third-order valence-electron chi connectivity index (χ3n) is 20.7. The Bertz CT molecular complexity index is 6620. The smallest absolute Gasteiger partial charge is 0.416 e. The molecule has 3 aromatic heterocycles. The van der Waals surface area contributed by atoms with Gasteiger partial charge in [-0.2, -0.15) is 39.5 Å². The number of benzene rings is 12. The molecule has 0 aliphatic heterocycles. The van der Waals surface area contributed by atoms with Gasteiger partial charge in [-0.3, -0.25) is 39.5 Å². The standard InChI is InChI=1S/C31H22F3N2.C30H18F3N2.C26H22F3N2.C11H20O2.C5H8O2.3Ir/c1-18-15-21(31(32,33)34)17-26-27(18)36-28(19-9-5-4-6-10-19)29(35-26)20-13-14-25-23(16-20)22-11-7-8-12-24(22)30(25,2)3;1-18-14-25(30(31,32)33)17-26-27(18)35-29(24-13-11-20-7-3-5-9-22(20)16-24)28(34-26)23-12-10-19-6-2-4-8-21(19)15-23;1-14-6-15(2)9-19(8-14)24-25(20-10-16(3)7-17(4)11-20)31-23-18(5)12-21(26(27,28)29)13-22(23)30-24;1-10(2,3)8(12)7-9(13)11(4,5)6;1-4(6)3-5(2)7;;;/h4-12,14-17H,1-3H3;2-11,13-17H,1H3;6-8,10-13H,1-5H3;7,12H,1-6H3;3,6H,1-2H3;;;/q3*-1;;;;;. The van der Waals surface area contributed by atoms with Crippen LogP contribution in [-0.2, 0) is 93.8 Å². The minimum Gasteiger partial charge on any atom is -0.512 e. The zero-order valence-corrected chi connectivity index (χ0v) is 78.8. The van der Waals surface area contributed by atoms with Crippen molar-refractivity contribution in [2.24, 2.45) is 10.8 Å². The van der Waals surface area contributed by atoms with Crippen LogP contribution in [0.15, 0.2) is 236 Å². The van der Waals surface area contributed by atoms with Crippen LogP contribution in [0, 0.1) is 77.5 Å². The normalized spacial score (nSPS) is 12.5. The maximum Gasteiger partial charge on any atom is 0.416 e. The van der Waals surface area contributed by atoms with Crippen LogP contribution in [0.3, 0.4) is 0 Å². The number of halogens is 9. The van der Waals surface area contributed by atoms with Crippen molar-refractivity contribution in [3.05, 3.63) is 321 Å². The molecule has 3 heterocycles. The van der Waals surface area contributed by atoms with Gasteiger partial charge >= 0.3 is 18.5 Å². The summed E-state index contributed by atoms with van der Waals surface area (Å²) in [6.45, 7) is 31.2. The molecule has 0 amide bonds. The van der Waals surface area contributed by atoms with E-state index in [1.54, 1.807) is 20.8 Å². The van der Waals surface area contributed by atoms with Gasteiger partial charge in [-0.25, -0.2) is 0 Å². The van der Waals surface area contributed by atoms with Gasteiger partial charge in [0.2, 0.25) is 0 Å². The van der Waals surface area contributed by atoms with Gasteiger partial charge in [0.25, 0.3) is 0 Å². The Morgan fingerprint density at radius 1 is 0.376 bits per heavy atom. The molecule has 12 aromatic carbocycles. The van der Waals surface area contributed by atoms with Crippen LogP contribution in [0.5, 0.6) is 0 Å². The minimum absolute atomic E-state index is 0. The number of hydrogen-bond donors (Lipinski definition) is 2. The van der Waals surface area contributed by atoms with Crippen molar-refractivity contribution in [2.75, 3.05) is 0 Å². The fourth-order valence-corrected chi connectivity index (χ4v) is 14.6. The molecule has 0 fully saturated rings. The van der Waals surface area contributed by atoms with Gasteiger partial charge in [-0.05, 0) is 152 Å². The molecule has 3 radical (unpaired) electrons. The van der Waals surface area contributed by atoms with E-state index in [1.165, 1.54) is 31.6 Å². The number of fused-ring (bicyclic) bond motifs is 8. The SMILES string of the molecule is CC(=O)C=C(C)O.CC(C)(C)C(=O)C=C(O)C(C)(C)C.Cc1[c-]c(-c2nc3cc(C(F)(F)F)cc(C)c3nc2-c2cc(C)cc(C)c2)cc(C)c1.Cc1cc(C(F)(F)F)cc2nc(-c3[c-]cc4c(c3)-c3ccccc3C4(C)C)c(-c3ccccc3)nc12.Cc1cc(C(F)(F)F)cc2nc(-c3[c-]cc4ccccc4c3)c(-c3ccc4ccccc4c3)nc12.[Ir].[Ir].[Ir]. The summed E-state index contributed by atoms with van der Waals surface area (Å²) in [5.74, 6) is 0.0415. The number of hydrogen-bond acceptors (Lipinski definition) is 10. The Hall–Kier alpha value is -11.1. The first-order valence-corrected chi connectivity index (χ1v) is 39.4. The van der Waals surface area contributed by atoms with Crippen molar-refractivity contribution in [2.45, 2.75) is 142 Å². The average molecular weight is 2220 g/mol. The average Bonchev–Trinajstić information content (AvgIpc) is 1.60. The van der Waals surface area contributed by atoms with E-state index in [1.807, 2.05) is 227 Å². The van der Waals surface area contributed by atoms with Crippen LogP contribution in [0.2, 0.25) is 0 Å².